The number of carbonyl (C=O) groups excluding carboxylic acids is 4. The maximum Gasteiger partial charge on any atom is 0.329 e. The molecule has 1 aliphatic carbocycles. The molecule has 1 saturated carbocycles. The minimum absolute atomic E-state index is 0.0173. The van der Waals surface area contributed by atoms with Crippen molar-refractivity contribution >= 4 is 29.4 Å². The number of cyclic esters (lactones) is 1. The predicted molar refractivity (Wildman–Crippen MR) is 219 cm³/mol. The van der Waals surface area contributed by atoms with E-state index in [1.807, 2.05) is 32.9 Å². The van der Waals surface area contributed by atoms with Crippen molar-refractivity contribution < 1.29 is 67.7 Å². The minimum atomic E-state index is -2.52. The molecule has 14 atom stereocenters. The molecule has 3 heterocycles. The summed E-state index contributed by atoms with van der Waals surface area (Å²) < 4.78 is 35.5. The van der Waals surface area contributed by atoms with E-state index in [1.54, 1.807) is 27.9 Å². The van der Waals surface area contributed by atoms with Crippen molar-refractivity contribution in [1.82, 2.24) is 4.90 Å². The van der Waals surface area contributed by atoms with Crippen molar-refractivity contribution in [3.63, 3.8) is 0 Å². The number of rotatable bonds is 9. The average molecular weight is 850 g/mol. The van der Waals surface area contributed by atoms with Crippen molar-refractivity contribution in [2.24, 2.45) is 29.6 Å². The van der Waals surface area contributed by atoms with E-state index in [2.05, 4.69) is 0 Å². The molecule has 2 saturated heterocycles. The Labute approximate surface area is 355 Å². The largest absolute Gasteiger partial charge is 0.480 e. The van der Waals surface area contributed by atoms with Gasteiger partial charge in [-0.15, -0.1) is 0 Å². The number of fused-ring (bicyclic) bond motifs is 3. The molecule has 3 fully saturated rings. The normalized spacial score (nSPS) is 39.5. The summed E-state index contributed by atoms with van der Waals surface area (Å²) in [5, 5.41) is 32.9. The number of methoxy groups -OCH3 is 3. The molecule has 4 rings (SSSR count). The van der Waals surface area contributed by atoms with E-state index >= 15 is 0 Å². The predicted octanol–water partition coefficient (Wildman–Crippen LogP) is 4.58. The van der Waals surface area contributed by atoms with Crippen LogP contribution in [0.5, 0.6) is 0 Å². The third-order valence-corrected chi connectivity index (χ3v) is 13.3. The van der Waals surface area contributed by atoms with Crippen LogP contribution in [0.2, 0.25) is 0 Å². The number of ketones is 2. The molecular formula is C45H71NO14. The van der Waals surface area contributed by atoms with E-state index in [9.17, 15) is 34.2 Å². The number of aliphatic hydroxyl groups is 2. The number of aliphatic carboxylic acids is 1. The number of hydrogen-bond donors (Lipinski definition) is 3. The summed E-state index contributed by atoms with van der Waals surface area (Å²) in [7, 11) is 4.59. The van der Waals surface area contributed by atoms with Crippen LogP contribution in [0.15, 0.2) is 23.3 Å². The van der Waals surface area contributed by atoms with E-state index in [0.29, 0.717) is 56.9 Å². The fraction of sp³-hybridized carbons (Fsp3) is 0.800. The SMILES string of the molecule is CCC1/C=C(\C)CC(C)CC(OC)C2OC(O)(C(=O)C(=O)N3CCCCC3C(=O)OC(C(C)=CC3CCC(OCC(=O)O)C(OC)C3)C(C)C(O)CC1=O)C(C)CC2OC. The van der Waals surface area contributed by atoms with Crippen molar-refractivity contribution in [3.05, 3.63) is 23.3 Å². The number of amides is 1. The van der Waals surface area contributed by atoms with Gasteiger partial charge < -0.3 is 48.6 Å². The number of carboxylic acids is 1. The number of carbonyl (C=O) groups is 5. The van der Waals surface area contributed by atoms with E-state index < -0.39 is 96.4 Å². The van der Waals surface area contributed by atoms with Crippen molar-refractivity contribution in [1.29, 1.82) is 0 Å². The number of hydrogen-bond acceptors (Lipinski definition) is 13. The fourth-order valence-electron chi connectivity index (χ4n) is 9.74. The Morgan fingerprint density at radius 1 is 0.933 bits per heavy atom. The van der Waals surface area contributed by atoms with Gasteiger partial charge in [0.15, 0.2) is 0 Å². The lowest BCUT2D eigenvalue weighted by Crippen LogP contribution is -2.64. The molecule has 0 spiro atoms. The van der Waals surface area contributed by atoms with E-state index in [1.165, 1.54) is 19.1 Å². The van der Waals surface area contributed by atoms with Gasteiger partial charge >= 0.3 is 11.9 Å². The zero-order chi connectivity index (χ0) is 44.5. The molecule has 0 radical (unpaired) electrons. The van der Waals surface area contributed by atoms with Crippen molar-refractivity contribution in [3.8, 4) is 0 Å². The first kappa shape index (κ1) is 49.6. The Morgan fingerprint density at radius 2 is 1.60 bits per heavy atom. The molecule has 1 amide bonds. The third-order valence-electron chi connectivity index (χ3n) is 13.3. The zero-order valence-corrected chi connectivity index (χ0v) is 37.1. The van der Waals surface area contributed by atoms with E-state index in [-0.39, 0.29) is 49.5 Å². The Balaban J connectivity index is 1.74. The van der Waals surface area contributed by atoms with Gasteiger partial charge in [0.2, 0.25) is 5.79 Å². The van der Waals surface area contributed by atoms with Crippen LogP contribution >= 0.6 is 0 Å². The average Bonchev–Trinajstić information content (AvgIpc) is 3.22. The molecule has 3 aliphatic heterocycles. The lowest BCUT2D eigenvalue weighted by molar-refractivity contribution is -0.302. The summed E-state index contributed by atoms with van der Waals surface area (Å²) in [6.45, 7) is 10.7. The number of esters is 1. The quantitative estimate of drug-likeness (QED) is 0.165. The Bertz CT molecular complexity index is 1560. The molecule has 0 aromatic heterocycles. The molecule has 0 aromatic rings. The van der Waals surface area contributed by atoms with Gasteiger partial charge in [0.1, 0.15) is 30.6 Å². The lowest BCUT2D eigenvalue weighted by atomic mass is 9.81. The fourth-order valence-corrected chi connectivity index (χ4v) is 9.74. The van der Waals surface area contributed by atoms with Gasteiger partial charge in [-0.2, -0.15) is 0 Å². The summed E-state index contributed by atoms with van der Waals surface area (Å²) in [6.07, 6.45) is 3.38. The summed E-state index contributed by atoms with van der Waals surface area (Å²) in [6, 6.07) is -1.17. The topological polar surface area (TPSA) is 205 Å². The zero-order valence-electron chi connectivity index (χ0n) is 37.1. The third kappa shape index (κ3) is 12.1. The highest BCUT2D eigenvalue weighted by molar-refractivity contribution is 6.39. The van der Waals surface area contributed by atoms with Crippen LogP contribution in [-0.4, -0.2) is 139 Å². The number of piperidine rings is 1. The minimum Gasteiger partial charge on any atom is -0.480 e. The molecule has 15 heteroatoms. The first-order valence-electron chi connectivity index (χ1n) is 21.8. The molecular weight excluding hydrogens is 778 g/mol. The highest BCUT2D eigenvalue weighted by atomic mass is 16.7. The Hall–Kier alpha value is -3.05. The molecule has 2 bridgehead atoms. The van der Waals surface area contributed by atoms with Gasteiger partial charge in [-0.25, -0.2) is 9.59 Å². The van der Waals surface area contributed by atoms with Crippen LogP contribution in [0.4, 0.5) is 0 Å². The van der Waals surface area contributed by atoms with Crippen LogP contribution in [-0.2, 0) is 52.4 Å². The maximum atomic E-state index is 14.4. The first-order chi connectivity index (χ1) is 28.4. The van der Waals surface area contributed by atoms with Gasteiger partial charge in [-0.05, 0) is 95.5 Å². The molecule has 15 nitrogen and oxygen atoms in total. The lowest BCUT2D eigenvalue weighted by Gasteiger charge is -2.47. The van der Waals surface area contributed by atoms with Gasteiger partial charge in [0, 0.05) is 52.0 Å². The molecule has 4 aliphatic rings. The number of aliphatic hydroxyl groups excluding tert-OH is 1. The molecule has 340 valence electrons. The molecule has 14 unspecified atom stereocenters. The maximum absolute atomic E-state index is 14.4. The second-order valence-electron chi connectivity index (χ2n) is 17.8. The number of allylic oxidation sites excluding steroid dienone is 3. The van der Waals surface area contributed by atoms with Crippen molar-refractivity contribution in [2.75, 3.05) is 34.5 Å². The van der Waals surface area contributed by atoms with Gasteiger partial charge in [0.25, 0.3) is 11.7 Å². The van der Waals surface area contributed by atoms with E-state index in [4.69, 9.17) is 33.5 Å². The number of nitrogens with zero attached hydrogens (tertiary/aromatic N) is 1. The van der Waals surface area contributed by atoms with Crippen molar-refractivity contribution in [2.45, 2.75) is 167 Å². The Kier molecular flexibility index (Phi) is 18.5. The molecule has 0 aromatic carbocycles. The second-order valence-corrected chi connectivity index (χ2v) is 17.8. The summed E-state index contributed by atoms with van der Waals surface area (Å²) in [5.74, 6) is -8.87. The van der Waals surface area contributed by atoms with Crippen LogP contribution in [0.3, 0.4) is 0 Å². The number of ether oxygens (including phenoxy) is 6. The van der Waals surface area contributed by atoms with Gasteiger partial charge in [0.05, 0.1) is 30.5 Å². The van der Waals surface area contributed by atoms with Crippen LogP contribution in [0.25, 0.3) is 0 Å². The van der Waals surface area contributed by atoms with Crippen LogP contribution in [0.1, 0.15) is 112 Å². The second kappa shape index (κ2) is 22.3. The van der Waals surface area contributed by atoms with E-state index in [0.717, 1.165) is 5.57 Å². The van der Waals surface area contributed by atoms with Gasteiger partial charge in [-0.3, -0.25) is 14.4 Å². The number of carboxylic acid groups (broad SMARTS) is 1. The Morgan fingerprint density at radius 3 is 2.23 bits per heavy atom. The summed E-state index contributed by atoms with van der Waals surface area (Å²) in [5.41, 5.74) is 1.60. The van der Waals surface area contributed by atoms with Gasteiger partial charge in [-0.1, -0.05) is 45.4 Å². The monoisotopic (exact) mass is 849 g/mol. The van der Waals surface area contributed by atoms with Crippen LogP contribution < -0.4 is 0 Å². The summed E-state index contributed by atoms with van der Waals surface area (Å²) >= 11 is 0. The van der Waals surface area contributed by atoms with Crippen LogP contribution in [0, 0.1) is 29.6 Å². The molecule has 3 N–H and O–H groups in total. The summed E-state index contributed by atoms with van der Waals surface area (Å²) in [4.78, 5) is 69.1. The highest BCUT2D eigenvalue weighted by Gasteiger charge is 2.56. The highest BCUT2D eigenvalue weighted by Crippen LogP contribution is 2.39. The number of Topliss-reactive ketones (excluding diaryl/α,β-unsaturated/α-hetero) is 2. The smallest absolute Gasteiger partial charge is 0.329 e. The molecule has 60 heavy (non-hydrogen) atoms. The standard InChI is InChI=1S/C45H71NO14/c1-10-31-18-25(2)17-26(3)19-37(56-8)41-38(57-9)21-28(5)45(54,60-41)42(51)43(52)46-16-12-11-13-32(46)44(53)59-40(29(6)33(47)23-34(31)48)27(4)20-30-14-15-35(36(22-30)55-7)58-24-39(49)50/h18,20,26,28-33,35-38,40-41,47,54H,10-17,19,21-24H2,1-9H3,(H,49,50)/b25-18+,27-20?. The first-order valence-corrected chi connectivity index (χ1v) is 21.8.